The van der Waals surface area contributed by atoms with Crippen LogP contribution in [0.4, 0.5) is 10.1 Å². The summed E-state index contributed by atoms with van der Waals surface area (Å²) in [6, 6.07) is 6.32. The molecule has 0 aliphatic carbocycles. The third kappa shape index (κ3) is 3.52. The summed E-state index contributed by atoms with van der Waals surface area (Å²) in [5.74, 6) is -0.370. The Kier molecular flexibility index (Phi) is 4.27. The zero-order chi connectivity index (χ0) is 12.1. The van der Waals surface area contributed by atoms with Gasteiger partial charge in [-0.1, -0.05) is 0 Å². The van der Waals surface area contributed by atoms with Crippen LogP contribution in [0.5, 0.6) is 0 Å². The summed E-state index contributed by atoms with van der Waals surface area (Å²) in [5.41, 5.74) is 1.09. The highest BCUT2D eigenvalue weighted by Crippen LogP contribution is 2.16. The lowest BCUT2D eigenvalue weighted by Crippen LogP contribution is -2.28. The number of halogens is 1. The molecule has 0 saturated heterocycles. The molecule has 1 aromatic rings. The largest absolute Gasteiger partial charge is 0.373 e. The number of rotatable bonds is 4. The highest BCUT2D eigenvalue weighted by molar-refractivity contribution is 5.51. The molecule has 4 heteroatoms. The fourth-order valence-corrected chi connectivity index (χ4v) is 1.34. The van der Waals surface area contributed by atoms with Gasteiger partial charge >= 0.3 is 0 Å². The van der Waals surface area contributed by atoms with E-state index in [0.717, 1.165) is 18.8 Å². The van der Waals surface area contributed by atoms with E-state index in [4.69, 9.17) is 5.26 Å². The molecule has 86 valence electrons. The van der Waals surface area contributed by atoms with Crippen LogP contribution in [0.25, 0.3) is 0 Å². The molecular formula is C12H16FN3. The van der Waals surface area contributed by atoms with Crippen LogP contribution in [-0.4, -0.2) is 39.1 Å². The second-order valence-corrected chi connectivity index (χ2v) is 4.03. The Morgan fingerprint density at radius 1 is 1.19 bits per heavy atom. The minimum Gasteiger partial charge on any atom is -0.373 e. The molecule has 0 aliphatic rings. The third-order valence-electron chi connectivity index (χ3n) is 2.34. The highest BCUT2D eigenvalue weighted by atomic mass is 19.1. The molecule has 0 aliphatic heterocycles. The number of nitrogens with zero attached hydrogens (tertiary/aromatic N) is 3. The molecule has 0 spiro atoms. The molecule has 0 aromatic heterocycles. The van der Waals surface area contributed by atoms with Crippen LogP contribution in [0.15, 0.2) is 18.2 Å². The van der Waals surface area contributed by atoms with Gasteiger partial charge in [0, 0.05) is 25.8 Å². The average Bonchev–Trinajstić information content (AvgIpc) is 2.24. The lowest BCUT2D eigenvalue weighted by atomic mass is 10.2. The summed E-state index contributed by atoms with van der Waals surface area (Å²) < 4.78 is 13.2. The van der Waals surface area contributed by atoms with E-state index in [2.05, 4.69) is 4.90 Å². The first-order valence-corrected chi connectivity index (χ1v) is 5.09. The first-order valence-electron chi connectivity index (χ1n) is 5.09. The van der Waals surface area contributed by atoms with Crippen LogP contribution in [0.3, 0.4) is 0 Å². The maximum Gasteiger partial charge on any atom is 0.126 e. The van der Waals surface area contributed by atoms with Crippen molar-refractivity contribution in [2.45, 2.75) is 0 Å². The van der Waals surface area contributed by atoms with Gasteiger partial charge in [0.1, 0.15) is 5.82 Å². The Balaban J connectivity index is 2.79. The van der Waals surface area contributed by atoms with Crippen molar-refractivity contribution < 1.29 is 4.39 Å². The van der Waals surface area contributed by atoms with Crippen molar-refractivity contribution in [3.8, 4) is 6.07 Å². The molecule has 1 aromatic carbocycles. The van der Waals surface area contributed by atoms with Crippen LogP contribution < -0.4 is 4.90 Å². The van der Waals surface area contributed by atoms with Crippen LogP contribution in [0.1, 0.15) is 5.56 Å². The molecule has 0 radical (unpaired) electrons. The predicted molar refractivity (Wildman–Crippen MR) is 62.9 cm³/mol. The van der Waals surface area contributed by atoms with Crippen LogP contribution >= 0.6 is 0 Å². The number of hydrogen-bond donors (Lipinski definition) is 0. The van der Waals surface area contributed by atoms with Crippen LogP contribution in [-0.2, 0) is 0 Å². The lowest BCUT2D eigenvalue weighted by Gasteiger charge is -2.21. The van der Waals surface area contributed by atoms with Crippen molar-refractivity contribution in [2.24, 2.45) is 0 Å². The predicted octanol–water partition coefficient (Wildman–Crippen LogP) is 1.70. The van der Waals surface area contributed by atoms with E-state index in [9.17, 15) is 4.39 Å². The van der Waals surface area contributed by atoms with E-state index in [0.29, 0.717) is 5.56 Å². The molecule has 0 heterocycles. The van der Waals surface area contributed by atoms with Gasteiger partial charge in [-0.2, -0.15) is 5.26 Å². The minimum atomic E-state index is -0.370. The van der Waals surface area contributed by atoms with Gasteiger partial charge in [-0.15, -0.1) is 0 Å². The molecule has 0 atom stereocenters. The van der Waals surface area contributed by atoms with Crippen LogP contribution in [0, 0.1) is 17.1 Å². The summed E-state index contributed by atoms with van der Waals surface area (Å²) in [6.07, 6.45) is 0. The lowest BCUT2D eigenvalue weighted by molar-refractivity contribution is 0.416. The normalized spacial score (nSPS) is 10.2. The van der Waals surface area contributed by atoms with Crippen molar-refractivity contribution in [3.63, 3.8) is 0 Å². The average molecular weight is 221 g/mol. The highest BCUT2D eigenvalue weighted by Gasteiger charge is 2.05. The van der Waals surface area contributed by atoms with Gasteiger partial charge in [-0.25, -0.2) is 4.39 Å². The Morgan fingerprint density at radius 2 is 1.88 bits per heavy atom. The molecule has 0 unspecified atom stereocenters. The Hall–Kier alpha value is -1.60. The van der Waals surface area contributed by atoms with Gasteiger partial charge in [0.2, 0.25) is 0 Å². The molecule has 0 bridgehead atoms. The first-order chi connectivity index (χ1) is 7.52. The van der Waals surface area contributed by atoms with Crippen LogP contribution in [0.2, 0.25) is 0 Å². The van der Waals surface area contributed by atoms with E-state index < -0.39 is 0 Å². The van der Waals surface area contributed by atoms with Gasteiger partial charge in [0.25, 0.3) is 0 Å². The number of likely N-dealkylation sites (N-methyl/N-ethyl adjacent to an activating group) is 2. The van der Waals surface area contributed by atoms with Gasteiger partial charge in [-0.3, -0.25) is 0 Å². The van der Waals surface area contributed by atoms with Crippen molar-refractivity contribution >= 4 is 5.69 Å². The second kappa shape index (κ2) is 5.47. The molecule has 1 rings (SSSR count). The van der Waals surface area contributed by atoms with E-state index in [1.165, 1.54) is 12.1 Å². The fraction of sp³-hybridized carbons (Fsp3) is 0.417. The van der Waals surface area contributed by atoms with Gasteiger partial charge in [-0.05, 0) is 32.3 Å². The van der Waals surface area contributed by atoms with Crippen molar-refractivity contribution in [1.82, 2.24) is 4.90 Å². The molecule has 0 fully saturated rings. The number of anilines is 1. The van der Waals surface area contributed by atoms with Crippen molar-refractivity contribution in [1.29, 1.82) is 5.26 Å². The summed E-state index contributed by atoms with van der Waals surface area (Å²) >= 11 is 0. The molecule has 0 amide bonds. The molecule has 16 heavy (non-hydrogen) atoms. The maximum atomic E-state index is 13.2. The van der Waals surface area contributed by atoms with Gasteiger partial charge in [0.15, 0.2) is 0 Å². The van der Waals surface area contributed by atoms with Gasteiger partial charge in [0.05, 0.1) is 11.6 Å². The molecule has 3 nitrogen and oxygen atoms in total. The van der Waals surface area contributed by atoms with E-state index >= 15 is 0 Å². The Labute approximate surface area is 95.7 Å². The summed E-state index contributed by atoms with van der Waals surface area (Å²) in [6.45, 7) is 1.68. The quantitative estimate of drug-likeness (QED) is 0.775. The van der Waals surface area contributed by atoms with E-state index in [-0.39, 0.29) is 5.82 Å². The van der Waals surface area contributed by atoms with E-state index in [1.54, 1.807) is 6.07 Å². The third-order valence-corrected chi connectivity index (χ3v) is 2.34. The Bertz CT molecular complexity index is 396. The van der Waals surface area contributed by atoms with E-state index in [1.807, 2.05) is 32.1 Å². The fourth-order valence-electron chi connectivity index (χ4n) is 1.34. The summed E-state index contributed by atoms with van der Waals surface area (Å²) in [5, 5.41) is 8.74. The zero-order valence-corrected chi connectivity index (χ0v) is 9.87. The van der Waals surface area contributed by atoms with Gasteiger partial charge < -0.3 is 9.80 Å². The number of nitriles is 1. The SMILES string of the molecule is CN(C)CCN(C)c1cc(F)cc(C#N)c1. The summed E-state index contributed by atoms with van der Waals surface area (Å²) in [4.78, 5) is 3.99. The molecule has 0 saturated carbocycles. The Morgan fingerprint density at radius 3 is 2.44 bits per heavy atom. The van der Waals surface area contributed by atoms with Crippen molar-refractivity contribution in [2.75, 3.05) is 39.1 Å². The first kappa shape index (κ1) is 12.5. The minimum absolute atomic E-state index is 0.353. The standard InChI is InChI=1S/C12H16FN3/c1-15(2)4-5-16(3)12-7-10(9-14)6-11(13)8-12/h6-8H,4-5H2,1-3H3. The summed E-state index contributed by atoms with van der Waals surface area (Å²) in [7, 11) is 5.86. The molecular weight excluding hydrogens is 205 g/mol. The smallest absolute Gasteiger partial charge is 0.126 e. The van der Waals surface area contributed by atoms with Crippen molar-refractivity contribution in [3.05, 3.63) is 29.6 Å². The number of hydrogen-bond acceptors (Lipinski definition) is 3. The monoisotopic (exact) mass is 221 g/mol. The second-order valence-electron chi connectivity index (χ2n) is 4.03. The zero-order valence-electron chi connectivity index (χ0n) is 9.87. The number of benzene rings is 1. The maximum absolute atomic E-state index is 13.2. The topological polar surface area (TPSA) is 30.3 Å². The molecule has 0 N–H and O–H groups in total.